The first-order valence-corrected chi connectivity index (χ1v) is 12.6. The van der Waals surface area contributed by atoms with Crippen molar-refractivity contribution in [2.45, 2.75) is 62.3 Å². The molecule has 0 saturated carbocycles. The minimum absolute atomic E-state index is 0.434. The van der Waals surface area contributed by atoms with Crippen LogP contribution in [0.1, 0.15) is 37.7 Å². The van der Waals surface area contributed by atoms with E-state index >= 15 is 8.78 Å². The normalized spacial score (nSPS) is 30.9. The zero-order chi connectivity index (χ0) is 20.1. The number of benzene rings is 1. The van der Waals surface area contributed by atoms with Gasteiger partial charge in [-0.3, -0.25) is 0 Å². The van der Waals surface area contributed by atoms with E-state index in [0.29, 0.717) is 12.8 Å². The van der Waals surface area contributed by atoms with Crippen LogP contribution in [0.3, 0.4) is 0 Å². The number of rotatable bonds is 7. The molecule has 1 aliphatic heterocycles. The first-order chi connectivity index (χ1) is 13.5. The van der Waals surface area contributed by atoms with Gasteiger partial charge in [0.2, 0.25) is 0 Å². The molecule has 0 bridgehead atoms. The van der Waals surface area contributed by atoms with Gasteiger partial charge in [0.05, 0.1) is 0 Å². The Morgan fingerprint density at radius 3 is 2.21 bits per heavy atom. The molecule has 0 radical (unpaired) electrons. The van der Waals surface area contributed by atoms with E-state index in [1.165, 1.54) is 18.2 Å². The van der Waals surface area contributed by atoms with Crippen molar-refractivity contribution in [2.75, 3.05) is 6.61 Å². The molecule has 3 rings (SSSR count). The van der Waals surface area contributed by atoms with Gasteiger partial charge in [-0.05, 0) is 30.6 Å². The maximum atomic E-state index is 15.4. The van der Waals surface area contributed by atoms with Gasteiger partial charge in [0.25, 0.3) is 6.43 Å². The van der Waals surface area contributed by atoms with Crippen LogP contribution in [0.4, 0.5) is 17.6 Å². The summed E-state index contributed by atoms with van der Waals surface area (Å²) in [6.07, 6.45) is 2.31. The van der Waals surface area contributed by atoms with Crippen molar-refractivity contribution in [1.29, 1.82) is 0 Å². The number of ether oxygens (including phenoxy) is 1. The predicted octanol–water partition coefficient (Wildman–Crippen LogP) is 6.56. The van der Waals surface area contributed by atoms with Gasteiger partial charge in [-0.1, -0.05) is 61.8 Å². The van der Waals surface area contributed by atoms with Gasteiger partial charge >= 0.3 is 0 Å². The minimum Gasteiger partial charge on any atom is -0.354 e. The zero-order valence-corrected chi connectivity index (χ0v) is 17.4. The van der Waals surface area contributed by atoms with Crippen molar-refractivity contribution >= 4 is 8.80 Å². The van der Waals surface area contributed by atoms with Crippen LogP contribution in [-0.4, -0.2) is 27.4 Å². The Hall–Kier alpha value is -1.40. The van der Waals surface area contributed by atoms with Gasteiger partial charge in [0.15, 0.2) is 5.60 Å². The molecule has 0 spiro atoms. The molecule has 6 heteroatoms. The molecule has 0 unspecified atom stereocenters. The highest BCUT2D eigenvalue weighted by Gasteiger charge is 2.51. The minimum atomic E-state index is -2.77. The fraction of sp³-hybridized carbons (Fsp3) is 0.545. The van der Waals surface area contributed by atoms with E-state index in [1.54, 1.807) is 12.1 Å². The molecule has 0 N–H and O–H groups in total. The summed E-state index contributed by atoms with van der Waals surface area (Å²) < 4.78 is 61.9. The number of halogens is 4. The van der Waals surface area contributed by atoms with Crippen molar-refractivity contribution in [3.63, 3.8) is 0 Å². The average molecular weight is 413 g/mol. The highest BCUT2D eigenvalue weighted by Crippen LogP contribution is 2.50. The van der Waals surface area contributed by atoms with Crippen LogP contribution in [-0.2, 0) is 4.74 Å². The topological polar surface area (TPSA) is 9.23 Å². The van der Waals surface area contributed by atoms with Gasteiger partial charge in [-0.2, -0.15) is 0 Å². The van der Waals surface area contributed by atoms with E-state index in [2.05, 4.69) is 6.92 Å². The molecule has 0 atom stereocenters. The summed E-state index contributed by atoms with van der Waals surface area (Å²) >= 11 is 0. The van der Waals surface area contributed by atoms with E-state index in [4.69, 9.17) is 4.74 Å². The Morgan fingerprint density at radius 1 is 1.07 bits per heavy atom. The van der Waals surface area contributed by atoms with Gasteiger partial charge in [0, 0.05) is 20.6 Å². The summed E-state index contributed by atoms with van der Waals surface area (Å²) in [5.74, 6) is -2.52. The van der Waals surface area contributed by atoms with Crippen molar-refractivity contribution < 1.29 is 22.3 Å². The molecule has 1 aromatic carbocycles. The molecule has 2 aliphatic rings. The summed E-state index contributed by atoms with van der Waals surface area (Å²) in [5, 5.41) is 0. The number of hydrogen-bond donors (Lipinski definition) is 0. The second-order valence-electron chi connectivity index (χ2n) is 7.91. The fourth-order valence-electron chi connectivity index (χ4n) is 4.70. The molecule has 1 nitrogen and oxygen atoms in total. The fourth-order valence-corrected chi connectivity index (χ4v) is 8.13. The van der Waals surface area contributed by atoms with Gasteiger partial charge < -0.3 is 4.74 Å². The molecule has 0 amide bonds. The molecular weight excluding hydrogens is 384 g/mol. The SMILES string of the molecule is CCC[SiH]1CCC(C2(OCC(F)F)C(F)=CC(c3ccccc3)C=C2F)CC1. The summed E-state index contributed by atoms with van der Waals surface area (Å²) in [6, 6.07) is 12.2. The highest BCUT2D eigenvalue weighted by atomic mass is 28.3. The van der Waals surface area contributed by atoms with Crippen LogP contribution in [0.5, 0.6) is 0 Å². The van der Waals surface area contributed by atoms with Crippen molar-refractivity contribution in [2.24, 2.45) is 5.92 Å². The maximum absolute atomic E-state index is 15.4. The van der Waals surface area contributed by atoms with E-state index in [9.17, 15) is 8.78 Å². The van der Waals surface area contributed by atoms with Crippen LogP contribution < -0.4 is 0 Å². The second-order valence-corrected chi connectivity index (χ2v) is 11.4. The quantitative estimate of drug-likeness (QED) is 0.364. The molecule has 1 saturated heterocycles. The first-order valence-electron chi connectivity index (χ1n) is 10.2. The third kappa shape index (κ3) is 4.43. The molecule has 1 heterocycles. The monoisotopic (exact) mass is 412 g/mol. The highest BCUT2D eigenvalue weighted by molar-refractivity contribution is 6.58. The van der Waals surface area contributed by atoms with Crippen LogP contribution in [0.15, 0.2) is 54.1 Å². The predicted molar refractivity (Wildman–Crippen MR) is 107 cm³/mol. The molecule has 1 aromatic rings. The molecule has 28 heavy (non-hydrogen) atoms. The molecule has 1 aliphatic carbocycles. The Morgan fingerprint density at radius 2 is 1.68 bits per heavy atom. The van der Waals surface area contributed by atoms with Gasteiger partial charge in [0.1, 0.15) is 18.3 Å². The van der Waals surface area contributed by atoms with Crippen LogP contribution in [0, 0.1) is 5.92 Å². The summed E-state index contributed by atoms with van der Waals surface area (Å²) in [5.41, 5.74) is -1.22. The number of alkyl halides is 2. The van der Waals surface area contributed by atoms with Crippen molar-refractivity contribution in [3.05, 3.63) is 59.7 Å². The van der Waals surface area contributed by atoms with Crippen LogP contribution in [0.25, 0.3) is 0 Å². The van der Waals surface area contributed by atoms with Crippen molar-refractivity contribution in [1.82, 2.24) is 0 Å². The van der Waals surface area contributed by atoms with E-state index < -0.39 is 50.9 Å². The summed E-state index contributed by atoms with van der Waals surface area (Å²) in [7, 11) is -0.879. The van der Waals surface area contributed by atoms with Crippen LogP contribution >= 0.6 is 0 Å². The van der Waals surface area contributed by atoms with Crippen LogP contribution in [0.2, 0.25) is 18.1 Å². The van der Waals surface area contributed by atoms with E-state index in [0.717, 1.165) is 24.1 Å². The number of hydrogen-bond acceptors (Lipinski definition) is 1. The smallest absolute Gasteiger partial charge is 0.261 e. The Balaban J connectivity index is 1.88. The first kappa shape index (κ1) is 21.3. The lowest BCUT2D eigenvalue weighted by Crippen LogP contribution is -2.47. The molecule has 1 fully saturated rings. The van der Waals surface area contributed by atoms with Gasteiger partial charge in [-0.25, -0.2) is 17.6 Å². The summed E-state index contributed by atoms with van der Waals surface area (Å²) in [6.45, 7) is 1.19. The summed E-state index contributed by atoms with van der Waals surface area (Å²) in [4.78, 5) is 0. The van der Waals surface area contributed by atoms with E-state index in [-0.39, 0.29) is 0 Å². The molecule has 154 valence electrons. The van der Waals surface area contributed by atoms with Gasteiger partial charge in [-0.15, -0.1) is 0 Å². The Bertz CT molecular complexity index is 676. The largest absolute Gasteiger partial charge is 0.354 e. The van der Waals surface area contributed by atoms with Crippen molar-refractivity contribution in [3.8, 4) is 0 Å². The maximum Gasteiger partial charge on any atom is 0.261 e. The average Bonchev–Trinajstić information content (AvgIpc) is 2.69. The Kier molecular flexibility index (Phi) is 7.15. The van der Waals surface area contributed by atoms with E-state index in [1.807, 2.05) is 18.2 Å². The molecule has 0 aromatic heterocycles. The lowest BCUT2D eigenvalue weighted by atomic mass is 9.75. The Labute approximate surface area is 166 Å². The second kappa shape index (κ2) is 9.40. The molecular formula is C22H28F4OSi. The number of allylic oxidation sites excluding steroid dienone is 2. The lowest BCUT2D eigenvalue weighted by Gasteiger charge is -2.43. The lowest BCUT2D eigenvalue weighted by molar-refractivity contribution is -0.101. The zero-order valence-electron chi connectivity index (χ0n) is 16.2. The third-order valence-electron chi connectivity index (χ3n) is 6.10. The standard InChI is InChI=1S/C22H28F4OSi/c1-2-10-28-11-8-18(9-12-28)22(27-15-21(25)26)19(23)13-17(14-20(22)24)16-6-4-3-5-7-16/h3-7,13-14,17-18,21,28H,2,8-12,15H2,1H3. The third-order valence-corrected chi connectivity index (χ3v) is 9.79.